The third-order valence-corrected chi connectivity index (χ3v) is 3.68. The number of amides is 2. The molecule has 23 heavy (non-hydrogen) atoms. The van der Waals surface area contributed by atoms with Crippen LogP contribution in [0.4, 0.5) is 4.79 Å². The second-order valence-electron chi connectivity index (χ2n) is 6.83. The average Bonchev–Trinajstić information content (AvgIpc) is 2.48. The van der Waals surface area contributed by atoms with E-state index in [1.165, 1.54) is 0 Å². The molecule has 2 rings (SSSR count). The Hall–Kier alpha value is -2.11. The van der Waals surface area contributed by atoms with Crippen LogP contribution in [0.15, 0.2) is 24.4 Å². The number of carbonyl (C=O) groups is 2. The third kappa shape index (κ3) is 5.54. The van der Waals surface area contributed by atoms with Gasteiger partial charge in [0.2, 0.25) is 0 Å². The smallest absolute Gasteiger partial charge is 0.407 e. The SMILES string of the molecule is CC(C)(C)OC(=O)N[C@H]1CCCC[C@@H]1NC(=O)c1ccccn1. The van der Waals surface area contributed by atoms with Gasteiger partial charge in [-0.3, -0.25) is 9.78 Å². The molecule has 0 unspecified atom stereocenters. The molecule has 1 aliphatic carbocycles. The van der Waals surface area contributed by atoms with Gasteiger partial charge in [0.15, 0.2) is 0 Å². The van der Waals surface area contributed by atoms with Crippen molar-refractivity contribution in [1.82, 2.24) is 15.6 Å². The molecule has 6 nitrogen and oxygen atoms in total. The van der Waals surface area contributed by atoms with Crippen molar-refractivity contribution < 1.29 is 14.3 Å². The van der Waals surface area contributed by atoms with Gasteiger partial charge in [0.1, 0.15) is 11.3 Å². The van der Waals surface area contributed by atoms with Gasteiger partial charge in [0.05, 0.1) is 6.04 Å². The Morgan fingerprint density at radius 3 is 2.35 bits per heavy atom. The van der Waals surface area contributed by atoms with Crippen molar-refractivity contribution in [3.63, 3.8) is 0 Å². The molecule has 1 aliphatic rings. The lowest BCUT2D eigenvalue weighted by Gasteiger charge is -2.33. The topological polar surface area (TPSA) is 80.3 Å². The van der Waals surface area contributed by atoms with Crippen LogP contribution in [0.2, 0.25) is 0 Å². The molecule has 0 saturated heterocycles. The molecule has 2 atom stereocenters. The van der Waals surface area contributed by atoms with Crippen LogP contribution in [0.5, 0.6) is 0 Å². The fraction of sp³-hybridized carbons (Fsp3) is 0.588. The quantitative estimate of drug-likeness (QED) is 0.897. The Kier molecular flexibility index (Phi) is 5.58. The van der Waals surface area contributed by atoms with Crippen LogP contribution in [0.1, 0.15) is 56.9 Å². The highest BCUT2D eigenvalue weighted by molar-refractivity contribution is 5.92. The van der Waals surface area contributed by atoms with Gasteiger partial charge in [0, 0.05) is 12.2 Å². The minimum Gasteiger partial charge on any atom is -0.444 e. The van der Waals surface area contributed by atoms with Gasteiger partial charge < -0.3 is 15.4 Å². The molecule has 1 heterocycles. The Morgan fingerprint density at radius 1 is 1.13 bits per heavy atom. The van der Waals surface area contributed by atoms with E-state index in [0.717, 1.165) is 25.7 Å². The molecule has 1 aromatic heterocycles. The van der Waals surface area contributed by atoms with E-state index in [-0.39, 0.29) is 18.0 Å². The lowest BCUT2D eigenvalue weighted by Crippen LogP contribution is -2.54. The number of rotatable bonds is 3. The molecule has 2 N–H and O–H groups in total. The second kappa shape index (κ2) is 7.44. The number of alkyl carbamates (subject to hydrolysis) is 1. The first-order valence-corrected chi connectivity index (χ1v) is 8.06. The summed E-state index contributed by atoms with van der Waals surface area (Å²) >= 11 is 0. The zero-order chi connectivity index (χ0) is 16.9. The highest BCUT2D eigenvalue weighted by Crippen LogP contribution is 2.19. The maximum atomic E-state index is 12.3. The first kappa shape index (κ1) is 17.2. The molecule has 1 fully saturated rings. The molecule has 0 aliphatic heterocycles. The maximum absolute atomic E-state index is 12.3. The summed E-state index contributed by atoms with van der Waals surface area (Å²) in [4.78, 5) is 28.3. The van der Waals surface area contributed by atoms with Gasteiger partial charge in [-0.25, -0.2) is 4.79 Å². The van der Waals surface area contributed by atoms with Crippen molar-refractivity contribution in [3.8, 4) is 0 Å². The van der Waals surface area contributed by atoms with Crippen molar-refractivity contribution in [2.24, 2.45) is 0 Å². The summed E-state index contributed by atoms with van der Waals surface area (Å²) < 4.78 is 5.30. The van der Waals surface area contributed by atoms with Crippen LogP contribution in [0.3, 0.4) is 0 Å². The standard InChI is InChI=1S/C17H25N3O3/c1-17(2,3)23-16(22)20-13-9-5-4-8-12(13)19-15(21)14-10-6-7-11-18-14/h6-7,10-13H,4-5,8-9H2,1-3H3,(H,19,21)(H,20,22)/t12-,13-/m0/s1. The first-order valence-electron chi connectivity index (χ1n) is 8.06. The van der Waals surface area contributed by atoms with Gasteiger partial charge in [-0.05, 0) is 45.7 Å². The molecule has 1 saturated carbocycles. The van der Waals surface area contributed by atoms with E-state index >= 15 is 0 Å². The van der Waals surface area contributed by atoms with Crippen LogP contribution in [0, 0.1) is 0 Å². The van der Waals surface area contributed by atoms with Crippen molar-refractivity contribution in [2.75, 3.05) is 0 Å². The van der Waals surface area contributed by atoms with Crippen LogP contribution in [-0.2, 0) is 4.74 Å². The van der Waals surface area contributed by atoms with Crippen LogP contribution in [-0.4, -0.2) is 34.7 Å². The van der Waals surface area contributed by atoms with Gasteiger partial charge in [-0.2, -0.15) is 0 Å². The maximum Gasteiger partial charge on any atom is 0.407 e. The molecule has 0 radical (unpaired) electrons. The molecule has 0 bridgehead atoms. The van der Waals surface area contributed by atoms with Crippen molar-refractivity contribution in [3.05, 3.63) is 30.1 Å². The van der Waals surface area contributed by atoms with Gasteiger partial charge in [-0.15, -0.1) is 0 Å². The summed E-state index contributed by atoms with van der Waals surface area (Å²) in [6, 6.07) is 5.00. The second-order valence-corrected chi connectivity index (χ2v) is 6.83. The molecular formula is C17H25N3O3. The molecular weight excluding hydrogens is 294 g/mol. The van der Waals surface area contributed by atoms with Crippen molar-refractivity contribution in [1.29, 1.82) is 0 Å². The molecule has 6 heteroatoms. The average molecular weight is 319 g/mol. The summed E-state index contributed by atoms with van der Waals surface area (Å²) in [5, 5.41) is 5.87. The highest BCUT2D eigenvalue weighted by atomic mass is 16.6. The Labute approximate surface area is 137 Å². The number of hydrogen-bond donors (Lipinski definition) is 2. The van der Waals surface area contributed by atoms with E-state index in [1.54, 1.807) is 24.4 Å². The number of nitrogens with zero attached hydrogens (tertiary/aromatic N) is 1. The first-order chi connectivity index (χ1) is 10.8. The number of pyridine rings is 1. The number of carbonyl (C=O) groups excluding carboxylic acids is 2. The zero-order valence-electron chi connectivity index (χ0n) is 14.0. The molecule has 126 valence electrons. The molecule has 2 amide bonds. The molecule has 0 spiro atoms. The number of aromatic nitrogens is 1. The predicted molar refractivity (Wildman–Crippen MR) is 87.1 cm³/mol. The van der Waals surface area contributed by atoms with Crippen molar-refractivity contribution in [2.45, 2.75) is 64.1 Å². The van der Waals surface area contributed by atoms with Crippen LogP contribution < -0.4 is 10.6 Å². The molecule has 1 aromatic rings. The third-order valence-electron chi connectivity index (χ3n) is 3.68. The fourth-order valence-electron chi connectivity index (χ4n) is 2.67. The van der Waals surface area contributed by atoms with E-state index in [1.807, 2.05) is 20.8 Å². The number of hydrogen-bond acceptors (Lipinski definition) is 4. The van der Waals surface area contributed by atoms with Gasteiger partial charge in [-0.1, -0.05) is 18.9 Å². The summed E-state index contributed by atoms with van der Waals surface area (Å²) in [5.41, 5.74) is -0.153. The van der Waals surface area contributed by atoms with E-state index in [9.17, 15) is 9.59 Å². The van der Waals surface area contributed by atoms with E-state index in [2.05, 4.69) is 15.6 Å². The lowest BCUT2D eigenvalue weighted by molar-refractivity contribution is 0.0474. The Bertz CT molecular complexity index is 540. The minimum atomic E-state index is -0.536. The monoisotopic (exact) mass is 319 g/mol. The zero-order valence-corrected chi connectivity index (χ0v) is 14.0. The molecule has 0 aromatic carbocycles. The van der Waals surface area contributed by atoms with Gasteiger partial charge in [0.25, 0.3) is 5.91 Å². The van der Waals surface area contributed by atoms with Gasteiger partial charge >= 0.3 is 6.09 Å². The van der Waals surface area contributed by atoms with Crippen LogP contribution in [0.25, 0.3) is 0 Å². The van der Waals surface area contributed by atoms with Crippen molar-refractivity contribution >= 4 is 12.0 Å². The predicted octanol–water partition coefficient (Wildman–Crippen LogP) is 2.65. The normalized spacial score (nSPS) is 21.3. The van der Waals surface area contributed by atoms with E-state index < -0.39 is 11.7 Å². The number of nitrogens with one attached hydrogen (secondary N) is 2. The lowest BCUT2D eigenvalue weighted by atomic mass is 9.90. The fourth-order valence-corrected chi connectivity index (χ4v) is 2.67. The summed E-state index contributed by atoms with van der Waals surface area (Å²) in [5.74, 6) is -0.214. The minimum absolute atomic E-state index is 0.106. The summed E-state index contributed by atoms with van der Waals surface area (Å²) in [6.45, 7) is 5.48. The Balaban J connectivity index is 1.95. The van der Waals surface area contributed by atoms with E-state index in [0.29, 0.717) is 5.69 Å². The summed E-state index contributed by atoms with van der Waals surface area (Å²) in [7, 11) is 0. The highest BCUT2D eigenvalue weighted by Gasteiger charge is 2.29. The van der Waals surface area contributed by atoms with Crippen LogP contribution >= 0.6 is 0 Å². The Morgan fingerprint density at radius 2 is 1.78 bits per heavy atom. The number of ether oxygens (including phenoxy) is 1. The summed E-state index contributed by atoms with van der Waals surface area (Å²) in [6.07, 6.45) is 4.86. The largest absolute Gasteiger partial charge is 0.444 e. The van der Waals surface area contributed by atoms with E-state index in [4.69, 9.17) is 4.74 Å².